The van der Waals surface area contributed by atoms with Crippen molar-refractivity contribution in [3.8, 4) is 0 Å². The van der Waals surface area contributed by atoms with Crippen LogP contribution in [0.2, 0.25) is 0 Å². The van der Waals surface area contributed by atoms with Crippen molar-refractivity contribution in [3.63, 3.8) is 0 Å². The van der Waals surface area contributed by atoms with E-state index in [9.17, 15) is 0 Å². The molecule has 1 atom stereocenters. The van der Waals surface area contributed by atoms with Gasteiger partial charge in [0, 0.05) is 17.7 Å². The van der Waals surface area contributed by atoms with E-state index in [1.807, 2.05) is 6.08 Å². The molecule has 3 rings (SSSR count). The Balaban J connectivity index is 1.86. The number of rotatable bonds is 2. The number of ether oxygens (including phenoxy) is 1. The third-order valence-electron chi connectivity index (χ3n) is 3.32. The zero-order valence-electron chi connectivity index (χ0n) is 9.58. The van der Waals surface area contributed by atoms with E-state index in [1.54, 1.807) is 0 Å². The fraction of sp³-hybridized carbons (Fsp3) is 0.583. The molecule has 4 nitrogen and oxygen atoms in total. The third kappa shape index (κ3) is 2.19. The van der Waals surface area contributed by atoms with Crippen LogP contribution in [0.1, 0.15) is 19.3 Å². The fourth-order valence-corrected chi connectivity index (χ4v) is 2.64. The van der Waals surface area contributed by atoms with Crippen LogP contribution in [0, 0.1) is 5.92 Å². The van der Waals surface area contributed by atoms with E-state index in [2.05, 4.69) is 16.4 Å². The van der Waals surface area contributed by atoms with E-state index >= 15 is 0 Å². The van der Waals surface area contributed by atoms with Crippen LogP contribution in [0.25, 0.3) is 0 Å². The van der Waals surface area contributed by atoms with Gasteiger partial charge in [0.15, 0.2) is 0 Å². The Kier molecular flexibility index (Phi) is 2.64. The standard InChI is InChI=1S/C12H16ClN3O/c13-12(9-1-2-9)15-10(7-11(14)16-12)8-3-5-17-6-4-8/h3,7,9,15H,1-2,4-6H2,(H2,14,16). The number of amidine groups is 1. The summed E-state index contributed by atoms with van der Waals surface area (Å²) < 4.78 is 5.30. The fourth-order valence-electron chi connectivity index (χ4n) is 2.22. The molecule has 3 N–H and O–H groups in total. The lowest BCUT2D eigenvalue weighted by molar-refractivity contribution is 0.155. The first-order chi connectivity index (χ1) is 8.17. The number of halogens is 1. The molecular weight excluding hydrogens is 238 g/mol. The minimum atomic E-state index is -0.729. The SMILES string of the molecule is NC1=NC(Cl)(C2CC2)NC(C2=CCOCC2)=C1. The number of nitrogens with one attached hydrogen (secondary N) is 1. The lowest BCUT2D eigenvalue weighted by atomic mass is 10.0. The normalized spacial score (nSPS) is 33.4. The van der Waals surface area contributed by atoms with Gasteiger partial charge in [-0.25, -0.2) is 4.99 Å². The summed E-state index contributed by atoms with van der Waals surface area (Å²) in [5.74, 6) is 0.903. The van der Waals surface area contributed by atoms with Gasteiger partial charge in [0.1, 0.15) is 5.84 Å². The molecular formula is C12H16ClN3O. The van der Waals surface area contributed by atoms with Crippen LogP contribution in [0.5, 0.6) is 0 Å². The van der Waals surface area contributed by atoms with Crippen molar-refractivity contribution >= 4 is 17.4 Å². The van der Waals surface area contributed by atoms with Gasteiger partial charge in [-0.15, -0.1) is 0 Å². The maximum absolute atomic E-state index is 6.50. The van der Waals surface area contributed by atoms with Crippen molar-refractivity contribution in [2.24, 2.45) is 16.6 Å². The van der Waals surface area contributed by atoms with Crippen molar-refractivity contribution in [2.75, 3.05) is 13.2 Å². The van der Waals surface area contributed by atoms with Gasteiger partial charge in [0.05, 0.1) is 13.2 Å². The van der Waals surface area contributed by atoms with Crippen molar-refractivity contribution in [2.45, 2.75) is 24.4 Å². The van der Waals surface area contributed by atoms with Gasteiger partial charge in [0.25, 0.3) is 0 Å². The molecule has 0 aromatic carbocycles. The molecule has 3 aliphatic rings. The number of nitrogens with zero attached hydrogens (tertiary/aromatic N) is 1. The maximum atomic E-state index is 6.50. The van der Waals surface area contributed by atoms with E-state index in [-0.39, 0.29) is 0 Å². The van der Waals surface area contributed by atoms with E-state index in [0.29, 0.717) is 18.4 Å². The van der Waals surface area contributed by atoms with E-state index in [0.717, 1.165) is 31.6 Å². The second kappa shape index (κ2) is 4.03. The zero-order chi connectivity index (χ0) is 11.9. The predicted octanol–water partition coefficient (Wildman–Crippen LogP) is 1.48. The number of hydrogen-bond donors (Lipinski definition) is 2. The van der Waals surface area contributed by atoms with Gasteiger partial charge in [-0.2, -0.15) is 0 Å². The monoisotopic (exact) mass is 253 g/mol. The van der Waals surface area contributed by atoms with Crippen LogP contribution < -0.4 is 11.1 Å². The summed E-state index contributed by atoms with van der Waals surface area (Å²) in [6, 6.07) is 0. The molecule has 0 bridgehead atoms. The summed E-state index contributed by atoms with van der Waals surface area (Å²) in [5.41, 5.74) is 8.09. The summed E-state index contributed by atoms with van der Waals surface area (Å²) in [7, 11) is 0. The summed E-state index contributed by atoms with van der Waals surface area (Å²) in [4.78, 5) is 4.34. The van der Waals surface area contributed by atoms with Crippen LogP contribution in [0.15, 0.2) is 28.4 Å². The third-order valence-corrected chi connectivity index (χ3v) is 3.81. The number of allylic oxidation sites excluding steroid dienone is 1. The van der Waals surface area contributed by atoms with Gasteiger partial charge in [-0.1, -0.05) is 17.7 Å². The Morgan fingerprint density at radius 1 is 1.53 bits per heavy atom. The highest BCUT2D eigenvalue weighted by Gasteiger charge is 2.46. The number of alkyl halides is 1. The second-order valence-electron chi connectivity index (χ2n) is 4.72. The first kappa shape index (κ1) is 11.1. The number of hydrogen-bond acceptors (Lipinski definition) is 4. The van der Waals surface area contributed by atoms with Gasteiger partial charge in [0.2, 0.25) is 5.12 Å². The molecule has 2 aliphatic heterocycles. The molecule has 1 unspecified atom stereocenters. The molecule has 0 radical (unpaired) electrons. The molecule has 5 heteroatoms. The van der Waals surface area contributed by atoms with Crippen molar-refractivity contribution in [1.82, 2.24) is 5.32 Å². The largest absolute Gasteiger partial charge is 0.384 e. The molecule has 92 valence electrons. The Bertz CT molecular complexity index is 425. The first-order valence-corrected chi connectivity index (χ1v) is 6.36. The molecule has 0 aromatic heterocycles. The van der Waals surface area contributed by atoms with Crippen LogP contribution in [0.3, 0.4) is 0 Å². The zero-order valence-corrected chi connectivity index (χ0v) is 10.3. The van der Waals surface area contributed by atoms with Crippen LogP contribution in [-0.4, -0.2) is 24.2 Å². The molecule has 2 heterocycles. The van der Waals surface area contributed by atoms with Gasteiger partial charge in [-0.3, -0.25) is 0 Å². The average Bonchev–Trinajstić information content (AvgIpc) is 3.13. The number of aliphatic imine (C=N–C) groups is 1. The molecule has 1 aliphatic carbocycles. The molecule has 1 fully saturated rings. The van der Waals surface area contributed by atoms with Gasteiger partial charge < -0.3 is 15.8 Å². The van der Waals surface area contributed by atoms with E-state index in [4.69, 9.17) is 22.1 Å². The Labute approximate surface area is 106 Å². The maximum Gasteiger partial charge on any atom is 0.211 e. The summed E-state index contributed by atoms with van der Waals surface area (Å²) in [6.07, 6.45) is 7.06. The minimum Gasteiger partial charge on any atom is -0.384 e. The molecule has 0 aromatic rings. The van der Waals surface area contributed by atoms with Crippen molar-refractivity contribution < 1.29 is 4.74 Å². The minimum absolute atomic E-state index is 0.395. The van der Waals surface area contributed by atoms with E-state index in [1.165, 1.54) is 5.57 Å². The highest BCUT2D eigenvalue weighted by Crippen LogP contribution is 2.45. The molecule has 0 amide bonds. The molecule has 0 saturated heterocycles. The van der Waals surface area contributed by atoms with Crippen LogP contribution in [-0.2, 0) is 4.74 Å². The predicted molar refractivity (Wildman–Crippen MR) is 67.7 cm³/mol. The topological polar surface area (TPSA) is 59.6 Å². The summed E-state index contributed by atoms with van der Waals surface area (Å²) in [5, 5.41) is 2.60. The highest BCUT2D eigenvalue weighted by molar-refractivity contribution is 6.25. The quantitative estimate of drug-likeness (QED) is 0.579. The van der Waals surface area contributed by atoms with Gasteiger partial charge >= 0.3 is 0 Å². The lowest BCUT2D eigenvalue weighted by Gasteiger charge is -2.32. The highest BCUT2D eigenvalue weighted by atomic mass is 35.5. The van der Waals surface area contributed by atoms with Crippen molar-refractivity contribution in [1.29, 1.82) is 0 Å². The smallest absolute Gasteiger partial charge is 0.211 e. The molecule has 1 saturated carbocycles. The summed E-state index contributed by atoms with van der Waals surface area (Å²) in [6.45, 7) is 1.41. The molecule has 0 spiro atoms. The first-order valence-electron chi connectivity index (χ1n) is 5.99. The average molecular weight is 254 g/mol. The molecule has 17 heavy (non-hydrogen) atoms. The Morgan fingerprint density at radius 3 is 3.00 bits per heavy atom. The van der Waals surface area contributed by atoms with Crippen LogP contribution in [0.4, 0.5) is 0 Å². The lowest BCUT2D eigenvalue weighted by Crippen LogP contribution is -2.45. The Hall–Kier alpha value is -1.00. The summed E-state index contributed by atoms with van der Waals surface area (Å²) >= 11 is 6.50. The van der Waals surface area contributed by atoms with Gasteiger partial charge in [-0.05, 0) is 24.8 Å². The second-order valence-corrected chi connectivity index (χ2v) is 5.30. The van der Waals surface area contributed by atoms with E-state index < -0.39 is 5.12 Å². The number of nitrogens with two attached hydrogens (primary N) is 1. The van der Waals surface area contributed by atoms with Crippen LogP contribution >= 0.6 is 11.6 Å². The van der Waals surface area contributed by atoms with Crippen molar-refractivity contribution in [3.05, 3.63) is 23.4 Å². The Morgan fingerprint density at radius 2 is 2.35 bits per heavy atom.